The van der Waals surface area contributed by atoms with Crippen LogP contribution in [0.4, 0.5) is 11.6 Å². The molecular formula is C21H27N5O2. The minimum atomic E-state index is -0.295. The lowest BCUT2D eigenvalue weighted by Gasteiger charge is -2.14. The van der Waals surface area contributed by atoms with Gasteiger partial charge in [-0.05, 0) is 63.0 Å². The Morgan fingerprint density at radius 1 is 1.25 bits per heavy atom. The first-order valence-corrected chi connectivity index (χ1v) is 10.00. The second-order valence-electron chi connectivity index (χ2n) is 7.42. The first-order valence-electron chi connectivity index (χ1n) is 10.00. The van der Waals surface area contributed by atoms with Gasteiger partial charge >= 0.3 is 0 Å². The minimum Gasteiger partial charge on any atom is -0.497 e. The van der Waals surface area contributed by atoms with Crippen molar-refractivity contribution < 1.29 is 9.53 Å². The van der Waals surface area contributed by atoms with Crippen LogP contribution in [0.15, 0.2) is 30.5 Å². The number of anilines is 2. The van der Waals surface area contributed by atoms with E-state index >= 15 is 0 Å². The molecule has 148 valence electrons. The molecule has 2 N–H and O–H groups in total. The predicted molar refractivity (Wildman–Crippen MR) is 109 cm³/mol. The number of hydrogen-bond acceptors (Lipinski definition) is 6. The normalized spacial score (nSPS) is 18.8. The first kappa shape index (κ1) is 18.7. The molecule has 4 rings (SSSR count). The zero-order valence-corrected chi connectivity index (χ0v) is 16.3. The van der Waals surface area contributed by atoms with Crippen molar-refractivity contribution >= 4 is 17.5 Å². The molecule has 28 heavy (non-hydrogen) atoms. The second-order valence-corrected chi connectivity index (χ2v) is 7.42. The van der Waals surface area contributed by atoms with E-state index in [-0.39, 0.29) is 11.8 Å². The maximum absolute atomic E-state index is 12.4. The van der Waals surface area contributed by atoms with Gasteiger partial charge in [-0.15, -0.1) is 0 Å². The number of aromatic nitrogens is 2. The molecule has 1 fully saturated rings. The van der Waals surface area contributed by atoms with Gasteiger partial charge in [-0.1, -0.05) is 12.1 Å². The van der Waals surface area contributed by atoms with Crippen LogP contribution in [0.2, 0.25) is 0 Å². The van der Waals surface area contributed by atoms with Crippen molar-refractivity contribution in [2.45, 2.75) is 31.6 Å². The lowest BCUT2D eigenvalue weighted by molar-refractivity contribution is -0.117. The van der Waals surface area contributed by atoms with Crippen LogP contribution in [0.3, 0.4) is 0 Å². The Bertz CT molecular complexity index is 818. The van der Waals surface area contributed by atoms with Crippen LogP contribution in [-0.4, -0.2) is 54.1 Å². The third-order valence-corrected chi connectivity index (χ3v) is 5.45. The smallest absolute Gasteiger partial charge is 0.234 e. The van der Waals surface area contributed by atoms with Crippen LogP contribution in [0.5, 0.6) is 5.75 Å². The van der Waals surface area contributed by atoms with Crippen LogP contribution < -0.4 is 15.4 Å². The lowest BCUT2D eigenvalue weighted by atomic mass is 9.97. The van der Waals surface area contributed by atoms with Gasteiger partial charge in [0.1, 0.15) is 5.75 Å². The van der Waals surface area contributed by atoms with E-state index in [9.17, 15) is 4.79 Å². The average Bonchev–Trinajstić information content (AvgIpc) is 3.34. The number of rotatable bonds is 8. The molecule has 0 spiro atoms. The van der Waals surface area contributed by atoms with Gasteiger partial charge in [0.15, 0.2) is 0 Å². The highest BCUT2D eigenvalue weighted by atomic mass is 16.5. The van der Waals surface area contributed by atoms with E-state index in [0.717, 1.165) is 36.5 Å². The van der Waals surface area contributed by atoms with E-state index in [1.54, 1.807) is 13.3 Å². The number of benzene rings is 1. The van der Waals surface area contributed by atoms with Crippen molar-refractivity contribution in [1.29, 1.82) is 0 Å². The fraction of sp³-hybridized carbons (Fsp3) is 0.476. The van der Waals surface area contributed by atoms with Crippen LogP contribution in [0.25, 0.3) is 0 Å². The summed E-state index contributed by atoms with van der Waals surface area (Å²) in [5.74, 6) is 1.09. The molecule has 1 aromatic heterocycles. The Labute approximate surface area is 165 Å². The molecule has 7 heteroatoms. The van der Waals surface area contributed by atoms with Gasteiger partial charge in [0, 0.05) is 6.54 Å². The van der Waals surface area contributed by atoms with Crippen molar-refractivity contribution in [2.24, 2.45) is 0 Å². The van der Waals surface area contributed by atoms with Crippen molar-refractivity contribution in [1.82, 2.24) is 14.9 Å². The minimum absolute atomic E-state index is 0.0219. The van der Waals surface area contributed by atoms with Gasteiger partial charge in [-0.2, -0.15) is 0 Å². The number of hydrogen-bond donors (Lipinski definition) is 2. The highest BCUT2D eigenvalue weighted by Gasteiger charge is 2.32. The quantitative estimate of drug-likeness (QED) is 0.685. The fourth-order valence-electron chi connectivity index (χ4n) is 3.88. The van der Waals surface area contributed by atoms with Crippen LogP contribution >= 0.6 is 0 Å². The number of amides is 1. The summed E-state index contributed by atoms with van der Waals surface area (Å²) in [5.41, 5.74) is 2.57. The van der Waals surface area contributed by atoms with E-state index in [2.05, 4.69) is 25.5 Å². The first-order chi connectivity index (χ1) is 13.7. The molecule has 7 nitrogen and oxygen atoms in total. The molecule has 2 aliphatic rings. The molecule has 0 bridgehead atoms. The molecule has 1 saturated heterocycles. The van der Waals surface area contributed by atoms with Gasteiger partial charge in [0.25, 0.3) is 0 Å². The molecule has 1 atom stereocenters. The number of nitrogens with one attached hydrogen (secondary N) is 2. The van der Waals surface area contributed by atoms with E-state index in [0.29, 0.717) is 18.1 Å². The lowest BCUT2D eigenvalue weighted by Crippen LogP contribution is -2.22. The summed E-state index contributed by atoms with van der Waals surface area (Å²) >= 11 is 0. The fourth-order valence-corrected chi connectivity index (χ4v) is 3.88. The molecule has 0 saturated carbocycles. The number of ether oxygens (including phenoxy) is 1. The Morgan fingerprint density at radius 2 is 2.04 bits per heavy atom. The maximum Gasteiger partial charge on any atom is 0.234 e. The number of carbonyl (C=O) groups excluding carboxylic acids is 1. The number of likely N-dealkylation sites (tertiary alicyclic amines) is 1. The van der Waals surface area contributed by atoms with E-state index in [1.807, 2.05) is 24.3 Å². The summed E-state index contributed by atoms with van der Waals surface area (Å²) < 4.78 is 5.20. The highest BCUT2D eigenvalue weighted by molar-refractivity contribution is 6.02. The summed E-state index contributed by atoms with van der Waals surface area (Å²) in [6.07, 6.45) is 6.01. The molecule has 1 unspecified atom stereocenters. The maximum atomic E-state index is 12.4. The van der Waals surface area contributed by atoms with Gasteiger partial charge in [-0.3, -0.25) is 4.79 Å². The second kappa shape index (κ2) is 8.56. The average molecular weight is 381 g/mol. The van der Waals surface area contributed by atoms with Crippen LogP contribution in [0, 0.1) is 0 Å². The third kappa shape index (κ3) is 4.25. The number of carbonyl (C=O) groups is 1. The monoisotopic (exact) mass is 381 g/mol. The molecule has 2 aromatic rings. The zero-order valence-electron chi connectivity index (χ0n) is 16.3. The van der Waals surface area contributed by atoms with Gasteiger partial charge in [-0.25, -0.2) is 9.97 Å². The third-order valence-electron chi connectivity index (χ3n) is 5.45. The topological polar surface area (TPSA) is 79.4 Å². The molecule has 2 aliphatic heterocycles. The Kier molecular flexibility index (Phi) is 5.71. The van der Waals surface area contributed by atoms with E-state index in [1.165, 1.54) is 25.9 Å². The van der Waals surface area contributed by atoms with E-state index in [4.69, 9.17) is 4.74 Å². The zero-order chi connectivity index (χ0) is 19.3. The molecule has 3 heterocycles. The Morgan fingerprint density at radius 3 is 2.79 bits per heavy atom. The summed E-state index contributed by atoms with van der Waals surface area (Å²) in [6, 6.07) is 7.80. The molecule has 0 radical (unpaired) electrons. The highest BCUT2D eigenvalue weighted by Crippen LogP contribution is 2.33. The van der Waals surface area contributed by atoms with E-state index < -0.39 is 0 Å². The summed E-state index contributed by atoms with van der Waals surface area (Å²) in [4.78, 5) is 23.9. The van der Waals surface area contributed by atoms with Crippen molar-refractivity contribution in [3.8, 4) is 5.75 Å². The molecule has 1 amide bonds. The predicted octanol–water partition coefficient (Wildman–Crippen LogP) is 2.66. The van der Waals surface area contributed by atoms with Gasteiger partial charge < -0.3 is 20.3 Å². The summed E-state index contributed by atoms with van der Waals surface area (Å²) in [5, 5.41) is 6.21. The summed E-state index contributed by atoms with van der Waals surface area (Å²) in [6.45, 7) is 4.38. The van der Waals surface area contributed by atoms with Crippen molar-refractivity contribution in [2.75, 3.05) is 43.9 Å². The summed E-state index contributed by atoms with van der Waals surface area (Å²) in [7, 11) is 1.65. The Balaban J connectivity index is 1.38. The van der Waals surface area contributed by atoms with Crippen molar-refractivity contribution in [3.63, 3.8) is 0 Å². The van der Waals surface area contributed by atoms with Crippen molar-refractivity contribution in [3.05, 3.63) is 41.7 Å². The molecular weight excluding hydrogens is 354 g/mol. The molecule has 0 aliphatic carbocycles. The van der Waals surface area contributed by atoms with Gasteiger partial charge in [0.05, 0.1) is 30.6 Å². The number of methoxy groups -OCH3 is 1. The van der Waals surface area contributed by atoms with Crippen LogP contribution in [-0.2, 0) is 11.2 Å². The standard InChI is InChI=1S/C21H27N5O2/c1-28-16-7-5-15(6-8-16)13-17-19-18(24-20(17)27)14-23-21(25-19)22-9-4-12-26-10-2-3-11-26/h5-8,14,17H,2-4,9-13H2,1H3,(H,24,27)(H,22,23,25). The largest absolute Gasteiger partial charge is 0.497 e. The number of nitrogens with zero attached hydrogens (tertiary/aromatic N) is 3. The van der Waals surface area contributed by atoms with Gasteiger partial charge in [0.2, 0.25) is 11.9 Å². The number of fused-ring (bicyclic) bond motifs is 1. The Hall–Kier alpha value is -2.67. The van der Waals surface area contributed by atoms with Crippen LogP contribution in [0.1, 0.15) is 36.4 Å². The molecule has 1 aromatic carbocycles. The SMILES string of the molecule is COc1ccc(CC2C(=O)Nc3cnc(NCCCN4CCCC4)nc32)cc1.